The lowest BCUT2D eigenvalue weighted by Crippen LogP contribution is -2.35. The maximum atomic E-state index is 2.72. The quantitative estimate of drug-likeness (QED) is 0.687. The van der Waals surface area contributed by atoms with E-state index in [0.717, 1.165) is 6.04 Å². The first-order valence-corrected chi connectivity index (χ1v) is 6.86. The standard InChI is InChI=1S/C13H26N2/c1-2-13(15-10-5-6-11-15)7-12-14-8-3-4-9-14/h13H,2-12H2,1H3. The lowest BCUT2D eigenvalue weighted by molar-refractivity contribution is 0.199. The minimum Gasteiger partial charge on any atom is -0.303 e. The van der Waals surface area contributed by atoms with Crippen LogP contribution in [-0.4, -0.2) is 48.6 Å². The van der Waals surface area contributed by atoms with Gasteiger partial charge in [-0.15, -0.1) is 0 Å². The van der Waals surface area contributed by atoms with Crippen LogP contribution in [0.4, 0.5) is 0 Å². The first-order chi connectivity index (χ1) is 7.40. The highest BCUT2D eigenvalue weighted by Crippen LogP contribution is 2.18. The van der Waals surface area contributed by atoms with Gasteiger partial charge in [0, 0.05) is 6.04 Å². The van der Waals surface area contributed by atoms with Gasteiger partial charge in [-0.25, -0.2) is 0 Å². The van der Waals surface area contributed by atoms with Crippen LogP contribution in [-0.2, 0) is 0 Å². The van der Waals surface area contributed by atoms with Crippen LogP contribution in [0.1, 0.15) is 45.4 Å². The zero-order chi connectivity index (χ0) is 10.5. The normalized spacial score (nSPS) is 26.2. The van der Waals surface area contributed by atoms with E-state index in [2.05, 4.69) is 16.7 Å². The maximum Gasteiger partial charge on any atom is 0.0105 e. The predicted octanol–water partition coefficient (Wildman–Crippen LogP) is 2.35. The molecule has 2 rings (SSSR count). The summed E-state index contributed by atoms with van der Waals surface area (Å²) in [5.74, 6) is 0. The average molecular weight is 210 g/mol. The molecule has 15 heavy (non-hydrogen) atoms. The lowest BCUT2D eigenvalue weighted by atomic mass is 10.1. The van der Waals surface area contributed by atoms with Crippen molar-refractivity contribution in [1.29, 1.82) is 0 Å². The molecule has 1 atom stereocenters. The van der Waals surface area contributed by atoms with E-state index in [9.17, 15) is 0 Å². The summed E-state index contributed by atoms with van der Waals surface area (Å²) in [6.07, 6.45) is 8.46. The molecule has 2 aliphatic heterocycles. The fourth-order valence-corrected chi connectivity index (χ4v) is 3.09. The Balaban J connectivity index is 1.69. The molecule has 0 aromatic rings. The Bertz CT molecular complexity index is 169. The summed E-state index contributed by atoms with van der Waals surface area (Å²) in [6, 6.07) is 0.869. The van der Waals surface area contributed by atoms with Gasteiger partial charge >= 0.3 is 0 Å². The molecule has 2 nitrogen and oxygen atoms in total. The van der Waals surface area contributed by atoms with E-state index >= 15 is 0 Å². The van der Waals surface area contributed by atoms with Crippen molar-refractivity contribution in [2.24, 2.45) is 0 Å². The van der Waals surface area contributed by atoms with Gasteiger partial charge < -0.3 is 9.80 Å². The second-order valence-electron chi connectivity index (χ2n) is 5.14. The molecule has 0 radical (unpaired) electrons. The summed E-state index contributed by atoms with van der Waals surface area (Å²) in [6.45, 7) is 9.13. The van der Waals surface area contributed by atoms with E-state index in [4.69, 9.17) is 0 Å². The van der Waals surface area contributed by atoms with Gasteiger partial charge in [0.25, 0.3) is 0 Å². The minimum atomic E-state index is 0.869. The number of rotatable bonds is 5. The maximum absolute atomic E-state index is 2.72. The highest BCUT2D eigenvalue weighted by Gasteiger charge is 2.21. The third-order valence-corrected chi connectivity index (χ3v) is 4.11. The SMILES string of the molecule is CCC(CCN1CCCC1)N1CCCC1. The molecule has 2 heterocycles. The topological polar surface area (TPSA) is 6.48 Å². The van der Waals surface area contributed by atoms with Gasteiger partial charge in [-0.3, -0.25) is 0 Å². The van der Waals surface area contributed by atoms with Gasteiger partial charge in [0.05, 0.1) is 0 Å². The fourth-order valence-electron chi connectivity index (χ4n) is 3.09. The lowest BCUT2D eigenvalue weighted by Gasteiger charge is -2.28. The zero-order valence-corrected chi connectivity index (χ0v) is 10.2. The minimum absolute atomic E-state index is 0.869. The predicted molar refractivity (Wildman–Crippen MR) is 65.2 cm³/mol. The van der Waals surface area contributed by atoms with Gasteiger partial charge in [-0.1, -0.05) is 6.92 Å². The van der Waals surface area contributed by atoms with Gasteiger partial charge in [0.15, 0.2) is 0 Å². The molecule has 2 saturated heterocycles. The molecule has 2 heteroatoms. The number of hydrogen-bond donors (Lipinski definition) is 0. The summed E-state index contributed by atoms with van der Waals surface area (Å²) in [5, 5.41) is 0. The van der Waals surface area contributed by atoms with E-state index in [1.807, 2.05) is 0 Å². The first-order valence-electron chi connectivity index (χ1n) is 6.86. The van der Waals surface area contributed by atoms with Crippen molar-refractivity contribution in [3.63, 3.8) is 0 Å². The van der Waals surface area contributed by atoms with E-state index in [1.165, 1.54) is 71.2 Å². The molecule has 0 amide bonds. The molecular formula is C13H26N2. The van der Waals surface area contributed by atoms with E-state index in [1.54, 1.807) is 0 Å². The van der Waals surface area contributed by atoms with E-state index in [-0.39, 0.29) is 0 Å². The molecule has 1 unspecified atom stereocenters. The molecule has 2 aliphatic rings. The largest absolute Gasteiger partial charge is 0.303 e. The van der Waals surface area contributed by atoms with Crippen LogP contribution >= 0.6 is 0 Å². The molecule has 0 bridgehead atoms. The summed E-state index contributed by atoms with van der Waals surface area (Å²) in [7, 11) is 0. The van der Waals surface area contributed by atoms with Crippen LogP contribution in [0, 0.1) is 0 Å². The average Bonchev–Trinajstić information content (AvgIpc) is 2.90. The number of nitrogens with zero attached hydrogens (tertiary/aromatic N) is 2. The van der Waals surface area contributed by atoms with E-state index < -0.39 is 0 Å². The molecule has 0 aromatic heterocycles. The van der Waals surface area contributed by atoms with Gasteiger partial charge in [0.2, 0.25) is 0 Å². The van der Waals surface area contributed by atoms with Gasteiger partial charge in [-0.05, 0) is 71.2 Å². The van der Waals surface area contributed by atoms with Gasteiger partial charge in [0.1, 0.15) is 0 Å². The van der Waals surface area contributed by atoms with Crippen molar-refractivity contribution in [3.05, 3.63) is 0 Å². The number of hydrogen-bond acceptors (Lipinski definition) is 2. The molecular weight excluding hydrogens is 184 g/mol. The van der Waals surface area contributed by atoms with Crippen LogP contribution < -0.4 is 0 Å². The monoisotopic (exact) mass is 210 g/mol. The van der Waals surface area contributed by atoms with Crippen molar-refractivity contribution >= 4 is 0 Å². The van der Waals surface area contributed by atoms with Crippen molar-refractivity contribution in [3.8, 4) is 0 Å². The van der Waals surface area contributed by atoms with Crippen LogP contribution in [0.3, 0.4) is 0 Å². The van der Waals surface area contributed by atoms with Gasteiger partial charge in [-0.2, -0.15) is 0 Å². The first kappa shape index (κ1) is 11.4. The summed E-state index contributed by atoms with van der Waals surface area (Å²) in [4.78, 5) is 5.37. The smallest absolute Gasteiger partial charge is 0.0105 e. The third kappa shape index (κ3) is 3.18. The Morgan fingerprint density at radius 3 is 2.13 bits per heavy atom. The zero-order valence-electron chi connectivity index (χ0n) is 10.2. The second kappa shape index (κ2) is 5.86. The van der Waals surface area contributed by atoms with Crippen molar-refractivity contribution in [2.45, 2.75) is 51.5 Å². The van der Waals surface area contributed by atoms with Crippen molar-refractivity contribution in [2.75, 3.05) is 32.7 Å². The highest BCUT2D eigenvalue weighted by molar-refractivity contribution is 4.77. The summed E-state index contributed by atoms with van der Waals surface area (Å²) in [5.41, 5.74) is 0. The molecule has 0 aliphatic carbocycles. The van der Waals surface area contributed by atoms with Crippen molar-refractivity contribution in [1.82, 2.24) is 9.80 Å². The van der Waals surface area contributed by atoms with Crippen LogP contribution in [0.25, 0.3) is 0 Å². The Labute approximate surface area is 94.6 Å². The van der Waals surface area contributed by atoms with Crippen LogP contribution in [0.5, 0.6) is 0 Å². The molecule has 88 valence electrons. The van der Waals surface area contributed by atoms with E-state index in [0.29, 0.717) is 0 Å². The Hall–Kier alpha value is -0.0800. The Morgan fingerprint density at radius 2 is 1.53 bits per heavy atom. The highest BCUT2D eigenvalue weighted by atomic mass is 15.2. The number of likely N-dealkylation sites (tertiary alicyclic amines) is 2. The Morgan fingerprint density at radius 1 is 0.933 bits per heavy atom. The summed E-state index contributed by atoms with van der Waals surface area (Å²) >= 11 is 0. The van der Waals surface area contributed by atoms with Crippen LogP contribution in [0.15, 0.2) is 0 Å². The van der Waals surface area contributed by atoms with Crippen LogP contribution in [0.2, 0.25) is 0 Å². The molecule has 2 fully saturated rings. The summed E-state index contributed by atoms with van der Waals surface area (Å²) < 4.78 is 0. The molecule has 0 spiro atoms. The molecule has 0 N–H and O–H groups in total. The molecule has 0 saturated carbocycles. The van der Waals surface area contributed by atoms with Crippen molar-refractivity contribution < 1.29 is 0 Å². The molecule has 0 aromatic carbocycles. The third-order valence-electron chi connectivity index (χ3n) is 4.11. The second-order valence-corrected chi connectivity index (χ2v) is 5.14. The fraction of sp³-hybridized carbons (Fsp3) is 1.00. The Kier molecular flexibility index (Phi) is 4.45.